The minimum Gasteiger partial charge on any atom is -0.384 e. The number of nitrogens with zero attached hydrogens (tertiary/aromatic N) is 5. The fourth-order valence-corrected chi connectivity index (χ4v) is 5.56. The summed E-state index contributed by atoms with van der Waals surface area (Å²) in [5, 5.41) is 7.43. The highest BCUT2D eigenvalue weighted by Gasteiger charge is 2.55. The molecule has 0 bridgehead atoms. The van der Waals surface area contributed by atoms with Crippen molar-refractivity contribution in [1.82, 2.24) is 25.0 Å². The van der Waals surface area contributed by atoms with Gasteiger partial charge in [-0.15, -0.1) is 0 Å². The zero-order chi connectivity index (χ0) is 26.0. The van der Waals surface area contributed by atoms with Gasteiger partial charge < -0.3 is 11.1 Å². The number of anilines is 2. The third kappa shape index (κ3) is 5.22. The van der Waals surface area contributed by atoms with E-state index in [1.807, 2.05) is 0 Å². The van der Waals surface area contributed by atoms with Gasteiger partial charge in [0, 0.05) is 38.6 Å². The molecule has 2 aliphatic rings. The Labute approximate surface area is 212 Å². The average molecular weight is 496 g/mol. The van der Waals surface area contributed by atoms with E-state index in [-0.39, 0.29) is 30.2 Å². The van der Waals surface area contributed by atoms with Crippen LogP contribution >= 0.6 is 0 Å². The van der Waals surface area contributed by atoms with E-state index in [9.17, 15) is 14.4 Å². The van der Waals surface area contributed by atoms with Crippen LogP contribution in [0.3, 0.4) is 0 Å². The first-order chi connectivity index (χ1) is 17.2. The summed E-state index contributed by atoms with van der Waals surface area (Å²) in [4.78, 5) is 47.0. The van der Waals surface area contributed by atoms with Crippen LogP contribution in [-0.2, 0) is 23.1 Å². The smallest absolute Gasteiger partial charge is 0.325 e. The summed E-state index contributed by atoms with van der Waals surface area (Å²) in [6.07, 6.45) is 9.26. The van der Waals surface area contributed by atoms with E-state index in [0.717, 1.165) is 36.1 Å². The van der Waals surface area contributed by atoms with Crippen LogP contribution < -0.4 is 16.0 Å². The molecule has 0 aromatic carbocycles. The van der Waals surface area contributed by atoms with E-state index in [4.69, 9.17) is 5.73 Å². The van der Waals surface area contributed by atoms with Gasteiger partial charge in [-0.1, -0.05) is 33.1 Å². The lowest BCUT2D eigenvalue weighted by molar-refractivity contribution is -0.156. The minimum absolute atomic E-state index is 0.0473. The molecule has 3 atom stereocenters. The van der Waals surface area contributed by atoms with Gasteiger partial charge >= 0.3 is 6.03 Å². The maximum Gasteiger partial charge on any atom is 0.325 e. The molecule has 2 fully saturated rings. The third-order valence-electron chi connectivity index (χ3n) is 7.53. The topological polar surface area (TPSA) is 126 Å². The number of likely N-dealkylation sites (N-methyl/N-ethyl adjacent to an activating group) is 1. The summed E-state index contributed by atoms with van der Waals surface area (Å²) in [6.45, 7) is 4.18. The molecule has 4 rings (SSSR count). The Morgan fingerprint density at radius 2 is 1.94 bits per heavy atom. The number of rotatable bonds is 7. The van der Waals surface area contributed by atoms with Gasteiger partial charge in [0.2, 0.25) is 5.91 Å². The fraction of sp³-hybridized carbons (Fsp3) is 0.577. The summed E-state index contributed by atoms with van der Waals surface area (Å²) < 4.78 is 1.60. The zero-order valence-electron chi connectivity index (χ0n) is 21.6. The lowest BCUT2D eigenvalue weighted by Gasteiger charge is -2.46. The van der Waals surface area contributed by atoms with Crippen molar-refractivity contribution >= 4 is 29.5 Å². The normalized spacial score (nSPS) is 21.2. The number of β-lactam (4-membered cyclic amide) rings is 1. The van der Waals surface area contributed by atoms with Crippen molar-refractivity contribution in [2.24, 2.45) is 24.8 Å². The van der Waals surface area contributed by atoms with Gasteiger partial charge in [-0.2, -0.15) is 5.10 Å². The van der Waals surface area contributed by atoms with Crippen LogP contribution in [0.2, 0.25) is 0 Å². The molecule has 10 heteroatoms. The number of carbonyl (C=O) groups excluding carboxylic acids is 3. The quantitative estimate of drug-likeness (QED) is 0.569. The molecule has 1 aliphatic carbocycles. The highest BCUT2D eigenvalue weighted by molar-refractivity contribution is 6.12. The average Bonchev–Trinajstić information content (AvgIpc) is 3.29. The molecule has 0 spiro atoms. The van der Waals surface area contributed by atoms with E-state index in [1.54, 1.807) is 49.4 Å². The van der Waals surface area contributed by atoms with Crippen LogP contribution in [0.5, 0.6) is 0 Å². The number of aryl methyl sites for hydroxylation is 1. The van der Waals surface area contributed by atoms with Crippen LogP contribution in [0.25, 0.3) is 0 Å². The summed E-state index contributed by atoms with van der Waals surface area (Å²) in [6, 6.07) is 3.71. The van der Waals surface area contributed by atoms with Gasteiger partial charge in [-0.3, -0.25) is 24.1 Å². The van der Waals surface area contributed by atoms with Gasteiger partial charge in [-0.25, -0.2) is 9.78 Å². The number of hydrogen-bond donors (Lipinski definition) is 2. The largest absolute Gasteiger partial charge is 0.384 e. The Bertz CT molecular complexity index is 1110. The molecular weight excluding hydrogens is 458 g/mol. The second-order valence-electron chi connectivity index (χ2n) is 10.4. The molecule has 2 aromatic rings. The number of nitrogens with two attached hydrogens (primary N) is 1. The maximum absolute atomic E-state index is 13.7. The first-order valence-corrected chi connectivity index (χ1v) is 12.8. The van der Waals surface area contributed by atoms with Gasteiger partial charge in [0.1, 0.15) is 11.9 Å². The molecule has 0 radical (unpaired) electrons. The molecule has 1 aliphatic heterocycles. The van der Waals surface area contributed by atoms with Crippen molar-refractivity contribution in [3.05, 3.63) is 36.2 Å². The number of carbonyl (C=O) groups is 3. The molecule has 3 heterocycles. The molecule has 3 N–H and O–H groups in total. The van der Waals surface area contributed by atoms with Crippen molar-refractivity contribution in [3.8, 4) is 0 Å². The van der Waals surface area contributed by atoms with Crippen LogP contribution in [0.4, 0.5) is 16.4 Å². The monoisotopic (exact) mass is 495 g/mol. The molecule has 4 amide bonds. The second kappa shape index (κ2) is 10.7. The van der Waals surface area contributed by atoms with E-state index in [1.165, 1.54) is 11.3 Å². The Kier molecular flexibility index (Phi) is 7.61. The number of aromatic nitrogens is 3. The van der Waals surface area contributed by atoms with Crippen LogP contribution in [-0.4, -0.2) is 56.6 Å². The fourth-order valence-electron chi connectivity index (χ4n) is 5.56. The number of imide groups is 1. The molecular formula is C26H37N7O3. The predicted octanol–water partition coefficient (Wildman–Crippen LogP) is 2.74. The highest BCUT2D eigenvalue weighted by Crippen LogP contribution is 2.34. The van der Waals surface area contributed by atoms with Crippen molar-refractivity contribution in [3.63, 3.8) is 0 Å². The molecule has 36 heavy (non-hydrogen) atoms. The van der Waals surface area contributed by atoms with Crippen molar-refractivity contribution < 1.29 is 14.4 Å². The molecule has 1 saturated carbocycles. The third-order valence-corrected chi connectivity index (χ3v) is 7.53. The zero-order valence-corrected chi connectivity index (χ0v) is 21.6. The van der Waals surface area contributed by atoms with E-state index < -0.39 is 18.0 Å². The Morgan fingerprint density at radius 1 is 1.22 bits per heavy atom. The van der Waals surface area contributed by atoms with Gasteiger partial charge in [0.05, 0.1) is 5.92 Å². The second-order valence-corrected chi connectivity index (χ2v) is 10.4. The summed E-state index contributed by atoms with van der Waals surface area (Å²) in [7, 11) is 3.38. The molecule has 1 saturated heterocycles. The number of nitrogens with one attached hydrogen (secondary N) is 1. The van der Waals surface area contributed by atoms with Crippen LogP contribution in [0.1, 0.15) is 51.5 Å². The summed E-state index contributed by atoms with van der Waals surface area (Å²) >= 11 is 0. The molecule has 1 unspecified atom stereocenters. The molecule has 194 valence electrons. The minimum atomic E-state index is -0.932. The highest BCUT2D eigenvalue weighted by atomic mass is 16.2. The number of nitrogen functional groups attached to an aromatic ring is 1. The Hall–Kier alpha value is -3.43. The standard InChI is InChI=1S/C26H37N7O3/c1-16(2)22(18-8-6-5-7-9-18)29-26(36)33-23(25(35)32(4)21-11-13-31(3)30-21)19(24(33)34)14-17-10-12-28-20(27)15-17/h10-13,15-16,18-19,22-23H,5-9,14H2,1-4H3,(H2,27,28)(H,29,36)/t19?,22-,23+/m1/s1. The van der Waals surface area contributed by atoms with Crippen molar-refractivity contribution in [1.29, 1.82) is 0 Å². The van der Waals surface area contributed by atoms with Gasteiger partial charge in [-0.05, 0) is 48.8 Å². The lowest BCUT2D eigenvalue weighted by Crippen LogP contribution is -2.71. The van der Waals surface area contributed by atoms with Gasteiger partial charge in [0.25, 0.3) is 5.91 Å². The van der Waals surface area contributed by atoms with Crippen molar-refractivity contribution in [2.75, 3.05) is 17.7 Å². The number of likely N-dealkylation sites (tertiary alicyclic amines) is 1. The van der Waals surface area contributed by atoms with Gasteiger partial charge in [0.15, 0.2) is 5.82 Å². The van der Waals surface area contributed by atoms with Crippen molar-refractivity contribution in [2.45, 2.75) is 64.5 Å². The number of amides is 4. The number of urea groups is 1. The Morgan fingerprint density at radius 3 is 2.56 bits per heavy atom. The molecule has 10 nitrogen and oxygen atoms in total. The first-order valence-electron chi connectivity index (χ1n) is 12.8. The Balaban J connectivity index is 1.57. The van der Waals surface area contributed by atoms with Crippen LogP contribution in [0.15, 0.2) is 30.6 Å². The predicted molar refractivity (Wildman–Crippen MR) is 137 cm³/mol. The SMILES string of the molecule is CC(C)[C@@H](NC(=O)N1C(=O)C(Cc2ccnc(N)c2)[C@H]1C(=O)N(C)c1ccn(C)n1)C1CCCCC1. The number of hydrogen-bond acceptors (Lipinski definition) is 6. The lowest BCUT2D eigenvalue weighted by atomic mass is 9.79. The van der Waals surface area contributed by atoms with E-state index >= 15 is 0 Å². The maximum atomic E-state index is 13.7. The first kappa shape index (κ1) is 25.7. The number of pyridine rings is 1. The summed E-state index contributed by atoms with van der Waals surface area (Å²) in [5.41, 5.74) is 6.62. The summed E-state index contributed by atoms with van der Waals surface area (Å²) in [5.74, 6) is -0.000185. The van der Waals surface area contributed by atoms with Crippen LogP contribution in [0, 0.1) is 17.8 Å². The van der Waals surface area contributed by atoms with E-state index in [2.05, 4.69) is 29.2 Å². The molecule has 2 aromatic heterocycles. The van der Waals surface area contributed by atoms with E-state index in [0.29, 0.717) is 17.6 Å².